The number of anilines is 1. The molecule has 0 bridgehead atoms. The van der Waals surface area contributed by atoms with Gasteiger partial charge in [-0.2, -0.15) is 0 Å². The molecule has 1 N–H and O–H groups in total. The van der Waals surface area contributed by atoms with Crippen molar-refractivity contribution >= 4 is 11.6 Å². The number of likely N-dealkylation sites (N-methyl/N-ethyl adjacent to an activating group) is 1. The highest BCUT2D eigenvalue weighted by Gasteiger charge is 2.25. The van der Waals surface area contributed by atoms with E-state index in [0.29, 0.717) is 13.1 Å². The molecule has 31 heavy (non-hydrogen) atoms. The minimum absolute atomic E-state index is 0.0814. The van der Waals surface area contributed by atoms with Crippen LogP contribution in [0.25, 0.3) is 11.4 Å². The van der Waals surface area contributed by atoms with Gasteiger partial charge in [0.15, 0.2) is 5.82 Å². The molecule has 162 valence electrons. The minimum Gasteiger partial charge on any atom is -0.370 e. The van der Waals surface area contributed by atoms with E-state index < -0.39 is 6.04 Å². The normalized spacial score (nSPS) is 14.4. The molecule has 0 saturated carbocycles. The number of benzene rings is 2. The molecular weight excluding hydrogens is 386 g/mol. The molecule has 1 aliphatic heterocycles. The summed E-state index contributed by atoms with van der Waals surface area (Å²) in [5, 5.41) is 12.4. The number of hydrogen-bond acceptors (Lipinski definition) is 4. The van der Waals surface area contributed by atoms with Crippen molar-refractivity contribution in [2.45, 2.75) is 52.1 Å². The molecule has 6 heteroatoms. The van der Waals surface area contributed by atoms with Crippen molar-refractivity contribution in [1.29, 1.82) is 0 Å². The van der Waals surface area contributed by atoms with Crippen LogP contribution in [0.3, 0.4) is 0 Å². The first-order chi connectivity index (χ1) is 15.2. The first-order valence-electron chi connectivity index (χ1n) is 11.3. The van der Waals surface area contributed by atoms with Gasteiger partial charge in [-0.25, -0.2) is 0 Å². The Balaban J connectivity index is 1.64. The molecule has 0 radical (unpaired) electrons. The predicted molar refractivity (Wildman–Crippen MR) is 124 cm³/mol. The fourth-order valence-electron chi connectivity index (χ4n) is 4.26. The third-order valence-corrected chi connectivity index (χ3v) is 6.00. The second-order valence-corrected chi connectivity index (χ2v) is 7.98. The number of rotatable bonds is 7. The minimum atomic E-state index is -0.438. The smallest absolute Gasteiger partial charge is 0.249 e. The third kappa shape index (κ3) is 4.63. The highest BCUT2D eigenvalue weighted by molar-refractivity contribution is 5.86. The molecule has 0 fully saturated rings. The molecule has 0 spiro atoms. The summed E-state index contributed by atoms with van der Waals surface area (Å²) in [5.41, 5.74) is 2.88. The summed E-state index contributed by atoms with van der Waals surface area (Å²) in [6, 6.07) is 17.7. The van der Waals surface area contributed by atoms with Crippen molar-refractivity contribution in [3.8, 4) is 11.4 Å². The summed E-state index contributed by atoms with van der Waals surface area (Å²) in [6.07, 6.45) is 4.55. The molecule has 3 aromatic rings. The Bertz CT molecular complexity index is 1010. The Morgan fingerprint density at radius 2 is 1.84 bits per heavy atom. The van der Waals surface area contributed by atoms with Crippen LogP contribution in [-0.2, 0) is 17.8 Å². The van der Waals surface area contributed by atoms with Crippen LogP contribution in [-0.4, -0.2) is 38.7 Å². The monoisotopic (exact) mass is 417 g/mol. The van der Waals surface area contributed by atoms with E-state index in [2.05, 4.69) is 32.2 Å². The van der Waals surface area contributed by atoms with Crippen LogP contribution in [0.4, 0.5) is 5.69 Å². The van der Waals surface area contributed by atoms with E-state index in [-0.39, 0.29) is 5.91 Å². The Morgan fingerprint density at radius 1 is 1.03 bits per heavy atom. The van der Waals surface area contributed by atoms with Crippen LogP contribution in [0.5, 0.6) is 0 Å². The van der Waals surface area contributed by atoms with E-state index in [9.17, 15) is 4.79 Å². The van der Waals surface area contributed by atoms with E-state index >= 15 is 0 Å². The van der Waals surface area contributed by atoms with Gasteiger partial charge in [-0.05, 0) is 44.4 Å². The van der Waals surface area contributed by atoms with Gasteiger partial charge in [0.25, 0.3) is 0 Å². The number of amides is 1. The summed E-state index contributed by atoms with van der Waals surface area (Å²) in [6.45, 7) is 6.36. The average Bonchev–Trinajstić information content (AvgIpc) is 3.07. The van der Waals surface area contributed by atoms with E-state index in [1.54, 1.807) is 0 Å². The molecule has 2 aromatic carbocycles. The molecule has 0 aliphatic carbocycles. The van der Waals surface area contributed by atoms with Crippen molar-refractivity contribution in [3.63, 3.8) is 0 Å². The molecule has 6 nitrogen and oxygen atoms in total. The summed E-state index contributed by atoms with van der Waals surface area (Å²) in [7, 11) is 0. The molecular formula is C25H31N5O. The number of carbonyl (C=O) groups excluding carboxylic acids is 1. The Hall–Kier alpha value is -3.15. The molecule has 1 aromatic heterocycles. The largest absolute Gasteiger partial charge is 0.370 e. The van der Waals surface area contributed by atoms with Gasteiger partial charge in [0.05, 0.1) is 0 Å². The Morgan fingerprint density at radius 3 is 2.61 bits per heavy atom. The lowest BCUT2D eigenvalue weighted by Crippen LogP contribution is -2.37. The molecule has 1 aliphatic rings. The maximum atomic E-state index is 13.3. The van der Waals surface area contributed by atoms with E-state index in [1.807, 2.05) is 61.2 Å². The number of hydrogen-bond donors (Lipinski definition) is 1. The molecule has 0 unspecified atom stereocenters. The molecule has 2 heterocycles. The second kappa shape index (κ2) is 9.77. The standard InChI is InChI=1S/C25H31N5O/c1-3-29(4-2)25(31)23(19-12-7-5-8-13-19)26-21-15-11-14-20(18-21)24-28-27-22-16-9-6-10-17-30(22)24/h5,7-8,11-15,18,23,26H,3-4,6,9-10,16-17H2,1-2H3/t23-/m1/s1. The number of fused-ring (bicyclic) bond motifs is 1. The first-order valence-corrected chi connectivity index (χ1v) is 11.3. The van der Waals surface area contributed by atoms with Crippen LogP contribution in [0.15, 0.2) is 54.6 Å². The number of aryl methyl sites for hydroxylation is 1. The number of nitrogens with zero attached hydrogens (tertiary/aromatic N) is 4. The molecule has 0 saturated heterocycles. The van der Waals surface area contributed by atoms with Crippen LogP contribution in [0.1, 0.15) is 50.5 Å². The Kier molecular flexibility index (Phi) is 6.65. The lowest BCUT2D eigenvalue weighted by molar-refractivity contribution is -0.131. The number of carbonyl (C=O) groups is 1. The first kappa shape index (κ1) is 21.1. The van der Waals surface area contributed by atoms with Gasteiger partial charge in [0, 0.05) is 37.3 Å². The molecule has 1 atom stereocenters. The molecule has 4 rings (SSSR count). The van der Waals surface area contributed by atoms with Gasteiger partial charge < -0.3 is 14.8 Å². The third-order valence-electron chi connectivity index (χ3n) is 6.00. The second-order valence-electron chi connectivity index (χ2n) is 7.98. The summed E-state index contributed by atoms with van der Waals surface area (Å²) in [5.74, 6) is 2.06. The van der Waals surface area contributed by atoms with E-state index in [4.69, 9.17) is 0 Å². The van der Waals surface area contributed by atoms with Crippen LogP contribution in [0.2, 0.25) is 0 Å². The highest BCUT2D eigenvalue weighted by atomic mass is 16.2. The average molecular weight is 418 g/mol. The predicted octanol–water partition coefficient (Wildman–Crippen LogP) is 4.69. The van der Waals surface area contributed by atoms with Gasteiger partial charge in [0.2, 0.25) is 5.91 Å². The van der Waals surface area contributed by atoms with Crippen molar-refractivity contribution in [1.82, 2.24) is 19.7 Å². The number of aromatic nitrogens is 3. The van der Waals surface area contributed by atoms with E-state index in [0.717, 1.165) is 47.8 Å². The summed E-state index contributed by atoms with van der Waals surface area (Å²) in [4.78, 5) is 15.2. The van der Waals surface area contributed by atoms with Crippen LogP contribution >= 0.6 is 0 Å². The number of nitrogens with one attached hydrogen (secondary N) is 1. The molecule has 1 amide bonds. The summed E-state index contributed by atoms with van der Waals surface area (Å²) < 4.78 is 2.25. The van der Waals surface area contributed by atoms with Gasteiger partial charge in [-0.1, -0.05) is 48.9 Å². The zero-order chi connectivity index (χ0) is 21.6. The lowest BCUT2D eigenvalue weighted by atomic mass is 10.0. The van der Waals surface area contributed by atoms with E-state index in [1.165, 1.54) is 12.8 Å². The fourth-order valence-corrected chi connectivity index (χ4v) is 4.26. The van der Waals surface area contributed by atoms with Crippen molar-refractivity contribution < 1.29 is 4.79 Å². The Labute approximate surface area is 184 Å². The van der Waals surface area contributed by atoms with Gasteiger partial charge in [-0.3, -0.25) is 4.79 Å². The SMILES string of the molecule is CCN(CC)C(=O)[C@H](Nc1cccc(-c2nnc3n2CCCCC3)c1)c1ccccc1. The van der Waals surface area contributed by atoms with Crippen molar-refractivity contribution in [3.05, 3.63) is 66.0 Å². The zero-order valence-corrected chi connectivity index (χ0v) is 18.4. The van der Waals surface area contributed by atoms with Crippen LogP contribution < -0.4 is 5.32 Å². The summed E-state index contributed by atoms with van der Waals surface area (Å²) >= 11 is 0. The van der Waals surface area contributed by atoms with Crippen molar-refractivity contribution in [2.75, 3.05) is 18.4 Å². The maximum Gasteiger partial charge on any atom is 0.249 e. The zero-order valence-electron chi connectivity index (χ0n) is 18.4. The van der Waals surface area contributed by atoms with Gasteiger partial charge in [0.1, 0.15) is 11.9 Å². The van der Waals surface area contributed by atoms with Crippen LogP contribution in [0, 0.1) is 0 Å². The fraction of sp³-hybridized carbons (Fsp3) is 0.400. The topological polar surface area (TPSA) is 63.1 Å². The highest BCUT2D eigenvalue weighted by Crippen LogP contribution is 2.27. The van der Waals surface area contributed by atoms with Gasteiger partial charge >= 0.3 is 0 Å². The van der Waals surface area contributed by atoms with Gasteiger partial charge in [-0.15, -0.1) is 10.2 Å². The maximum absolute atomic E-state index is 13.3. The quantitative estimate of drug-likeness (QED) is 0.606. The van der Waals surface area contributed by atoms with Crippen molar-refractivity contribution in [2.24, 2.45) is 0 Å². The lowest BCUT2D eigenvalue weighted by Gasteiger charge is -2.27.